The van der Waals surface area contributed by atoms with Gasteiger partial charge >= 0.3 is 11.9 Å². The highest BCUT2D eigenvalue weighted by Gasteiger charge is 2.16. The molecule has 49 heavy (non-hydrogen) atoms. The summed E-state index contributed by atoms with van der Waals surface area (Å²) in [5.74, 6) is 0.833. The molecule has 0 atom stereocenters. The number of ether oxygens (including phenoxy) is 9. The Morgan fingerprint density at radius 2 is 0.816 bits per heavy atom. The fourth-order valence-electron chi connectivity index (χ4n) is 4.43. The van der Waals surface area contributed by atoms with Gasteiger partial charge in [-0.05, 0) is 35.4 Å². The van der Waals surface area contributed by atoms with Crippen LogP contribution in [0.1, 0.15) is 31.8 Å². The van der Waals surface area contributed by atoms with Gasteiger partial charge in [-0.1, -0.05) is 60.7 Å². The lowest BCUT2D eigenvalue weighted by molar-refractivity contribution is 0.00481. The van der Waals surface area contributed by atoms with E-state index in [1.807, 2.05) is 60.7 Å². The number of benzene rings is 4. The van der Waals surface area contributed by atoms with E-state index in [-0.39, 0.29) is 13.2 Å². The van der Waals surface area contributed by atoms with Gasteiger partial charge in [0.15, 0.2) is 0 Å². The molecule has 0 saturated heterocycles. The maximum Gasteiger partial charge on any atom is 0.341 e. The second-order valence-corrected chi connectivity index (χ2v) is 10.4. The Balaban J connectivity index is 1.08. The number of methoxy groups -OCH3 is 2. The van der Waals surface area contributed by atoms with E-state index in [1.165, 1.54) is 14.2 Å². The third kappa shape index (κ3) is 12.8. The van der Waals surface area contributed by atoms with Gasteiger partial charge in [-0.3, -0.25) is 0 Å². The van der Waals surface area contributed by atoms with Crippen LogP contribution in [-0.4, -0.2) is 79.0 Å². The average Bonchev–Trinajstić information content (AvgIpc) is 3.15. The van der Waals surface area contributed by atoms with E-state index in [2.05, 4.69) is 0 Å². The first kappa shape index (κ1) is 36.7. The Kier molecular flexibility index (Phi) is 15.7. The topological polar surface area (TPSA) is 117 Å². The van der Waals surface area contributed by atoms with Crippen molar-refractivity contribution in [2.45, 2.75) is 13.2 Å². The van der Waals surface area contributed by atoms with E-state index in [9.17, 15) is 9.59 Å². The van der Waals surface area contributed by atoms with Crippen LogP contribution in [0.25, 0.3) is 0 Å². The van der Waals surface area contributed by atoms with Gasteiger partial charge in [0.05, 0.1) is 53.9 Å². The highest BCUT2D eigenvalue weighted by atomic mass is 16.6. The van der Waals surface area contributed by atoms with Crippen molar-refractivity contribution in [3.63, 3.8) is 0 Å². The summed E-state index contributed by atoms with van der Waals surface area (Å²) in [7, 11) is 2.64. The number of esters is 2. The van der Waals surface area contributed by atoms with Gasteiger partial charge in [-0.2, -0.15) is 0 Å². The fraction of sp³-hybridized carbons (Fsp3) is 0.316. The van der Waals surface area contributed by atoms with Crippen molar-refractivity contribution in [2.75, 3.05) is 67.1 Å². The standard InChI is InChI=1S/C38H42O11/c1-41-37(39)33-15-13-31(48-27-29-9-5-3-6-10-29)25-35(33)46-23-21-44-19-17-43-18-20-45-22-24-47-36-26-32(14-16-34(36)38(40)42-2)49-28-30-11-7-4-8-12-30/h3-16,25-26H,17-24,27-28H2,1-2H3. The summed E-state index contributed by atoms with van der Waals surface area (Å²) in [6.45, 7) is 3.24. The van der Waals surface area contributed by atoms with Crippen LogP contribution in [0.15, 0.2) is 97.1 Å². The van der Waals surface area contributed by atoms with Crippen LogP contribution in [0.2, 0.25) is 0 Å². The summed E-state index contributed by atoms with van der Waals surface area (Å²) in [5, 5.41) is 0. The van der Waals surface area contributed by atoms with Gasteiger partial charge < -0.3 is 42.6 Å². The Bertz CT molecular complexity index is 1440. The summed E-state index contributed by atoms with van der Waals surface area (Å²) < 4.78 is 49.9. The molecule has 0 unspecified atom stereocenters. The molecule has 0 aliphatic rings. The predicted molar refractivity (Wildman–Crippen MR) is 181 cm³/mol. The van der Waals surface area contributed by atoms with Crippen LogP contribution in [-0.2, 0) is 36.9 Å². The van der Waals surface area contributed by atoms with Gasteiger partial charge in [0, 0.05) is 12.1 Å². The van der Waals surface area contributed by atoms with Gasteiger partial charge in [0.2, 0.25) is 0 Å². The summed E-state index contributed by atoms with van der Waals surface area (Å²) >= 11 is 0. The molecule has 0 spiro atoms. The first-order valence-electron chi connectivity index (χ1n) is 15.8. The molecule has 0 N–H and O–H groups in total. The lowest BCUT2D eigenvalue weighted by Gasteiger charge is -2.14. The van der Waals surface area contributed by atoms with E-state index in [4.69, 9.17) is 42.6 Å². The van der Waals surface area contributed by atoms with Crippen LogP contribution in [0, 0.1) is 0 Å². The minimum atomic E-state index is -0.503. The smallest absolute Gasteiger partial charge is 0.341 e. The Morgan fingerprint density at radius 3 is 1.18 bits per heavy atom. The summed E-state index contributed by atoms with van der Waals surface area (Å²) in [6, 6.07) is 29.5. The molecule has 4 aromatic rings. The Hall–Kier alpha value is -5.10. The van der Waals surface area contributed by atoms with Gasteiger partial charge in [-0.25, -0.2) is 9.59 Å². The van der Waals surface area contributed by atoms with Crippen molar-refractivity contribution < 1.29 is 52.2 Å². The van der Waals surface area contributed by atoms with Crippen molar-refractivity contribution in [1.82, 2.24) is 0 Å². The second kappa shape index (κ2) is 21.0. The predicted octanol–water partition coefficient (Wildman–Crippen LogP) is 5.93. The quantitative estimate of drug-likeness (QED) is 0.0730. The zero-order chi connectivity index (χ0) is 34.5. The monoisotopic (exact) mass is 674 g/mol. The molecule has 0 aromatic heterocycles. The van der Waals surface area contributed by atoms with Crippen LogP contribution in [0.3, 0.4) is 0 Å². The number of rotatable bonds is 22. The molecule has 0 radical (unpaired) electrons. The molecular weight excluding hydrogens is 632 g/mol. The van der Waals surface area contributed by atoms with Crippen LogP contribution in [0.5, 0.6) is 23.0 Å². The number of carbonyl (C=O) groups excluding carboxylic acids is 2. The average molecular weight is 675 g/mol. The van der Waals surface area contributed by atoms with Gasteiger partial charge in [0.25, 0.3) is 0 Å². The van der Waals surface area contributed by atoms with Crippen LogP contribution in [0.4, 0.5) is 0 Å². The molecule has 0 heterocycles. The van der Waals surface area contributed by atoms with Crippen molar-refractivity contribution in [1.29, 1.82) is 0 Å². The van der Waals surface area contributed by atoms with E-state index >= 15 is 0 Å². The molecular formula is C38H42O11. The molecule has 0 aliphatic heterocycles. The van der Waals surface area contributed by atoms with E-state index < -0.39 is 11.9 Å². The molecule has 0 aliphatic carbocycles. The number of hydrogen-bond donors (Lipinski definition) is 0. The largest absolute Gasteiger partial charge is 0.490 e. The molecule has 4 aromatic carbocycles. The van der Waals surface area contributed by atoms with Crippen molar-refractivity contribution >= 4 is 11.9 Å². The second-order valence-electron chi connectivity index (χ2n) is 10.4. The molecule has 11 nitrogen and oxygen atoms in total. The Morgan fingerprint density at radius 1 is 0.449 bits per heavy atom. The van der Waals surface area contributed by atoms with E-state index in [1.54, 1.807) is 36.4 Å². The number of hydrogen-bond acceptors (Lipinski definition) is 11. The summed E-state index contributed by atoms with van der Waals surface area (Å²) in [5.41, 5.74) is 2.65. The van der Waals surface area contributed by atoms with E-state index in [0.29, 0.717) is 87.0 Å². The highest BCUT2D eigenvalue weighted by Crippen LogP contribution is 2.27. The minimum Gasteiger partial charge on any atom is -0.490 e. The van der Waals surface area contributed by atoms with Gasteiger partial charge in [-0.15, -0.1) is 0 Å². The van der Waals surface area contributed by atoms with Crippen molar-refractivity contribution in [3.05, 3.63) is 119 Å². The minimum absolute atomic E-state index is 0.217. The lowest BCUT2D eigenvalue weighted by Crippen LogP contribution is -2.15. The summed E-state index contributed by atoms with van der Waals surface area (Å²) in [6.07, 6.45) is 0. The van der Waals surface area contributed by atoms with Gasteiger partial charge in [0.1, 0.15) is 60.6 Å². The Labute approximate surface area is 286 Å². The third-order valence-corrected chi connectivity index (χ3v) is 6.93. The molecule has 0 saturated carbocycles. The zero-order valence-electron chi connectivity index (χ0n) is 27.8. The van der Waals surface area contributed by atoms with Crippen LogP contribution < -0.4 is 18.9 Å². The normalized spacial score (nSPS) is 10.7. The SMILES string of the molecule is COC(=O)c1ccc(OCc2ccccc2)cc1OCCOCCOCCOCCOc1cc(OCc2ccccc2)ccc1C(=O)OC. The molecule has 0 amide bonds. The maximum absolute atomic E-state index is 12.2. The molecule has 0 bridgehead atoms. The zero-order valence-corrected chi connectivity index (χ0v) is 27.8. The molecule has 11 heteroatoms. The highest BCUT2D eigenvalue weighted by molar-refractivity contribution is 5.93. The van der Waals surface area contributed by atoms with Crippen LogP contribution >= 0.6 is 0 Å². The first-order valence-corrected chi connectivity index (χ1v) is 15.8. The van der Waals surface area contributed by atoms with Crippen molar-refractivity contribution in [2.24, 2.45) is 0 Å². The molecule has 0 fully saturated rings. The molecule has 260 valence electrons. The maximum atomic E-state index is 12.2. The number of carbonyl (C=O) groups is 2. The van der Waals surface area contributed by atoms with Crippen molar-refractivity contribution in [3.8, 4) is 23.0 Å². The third-order valence-electron chi connectivity index (χ3n) is 6.93. The van der Waals surface area contributed by atoms with E-state index in [0.717, 1.165) is 11.1 Å². The fourth-order valence-corrected chi connectivity index (χ4v) is 4.43. The summed E-state index contributed by atoms with van der Waals surface area (Å²) in [4.78, 5) is 24.4. The lowest BCUT2D eigenvalue weighted by atomic mass is 10.2. The first-order chi connectivity index (χ1) is 24.1. The molecule has 4 rings (SSSR count).